The maximum atomic E-state index is 7.42. The molecule has 0 amide bonds. The van der Waals surface area contributed by atoms with Crippen molar-refractivity contribution < 1.29 is 4.74 Å². The molecule has 3 nitrogen and oxygen atoms in total. The van der Waals surface area contributed by atoms with Gasteiger partial charge in [-0.2, -0.15) is 0 Å². The lowest BCUT2D eigenvalue weighted by Gasteiger charge is -2.54. The van der Waals surface area contributed by atoms with Crippen molar-refractivity contribution in [1.29, 1.82) is 0 Å². The molecule has 6 aliphatic rings. The van der Waals surface area contributed by atoms with Gasteiger partial charge in [-0.1, -0.05) is 51.5 Å². The normalized spacial score (nSPS) is 47.5. The summed E-state index contributed by atoms with van der Waals surface area (Å²) >= 11 is 0. The van der Waals surface area contributed by atoms with Crippen molar-refractivity contribution in [1.82, 2.24) is 10.2 Å². The van der Waals surface area contributed by atoms with Crippen molar-refractivity contribution in [2.75, 3.05) is 33.7 Å². The molecule has 1 N–H and O–H groups in total. The zero-order chi connectivity index (χ0) is 24.4. The number of hydrogen-bond donors (Lipinski definition) is 1. The highest BCUT2D eigenvalue weighted by atomic mass is 16.5. The summed E-state index contributed by atoms with van der Waals surface area (Å²) < 4.78 is 7.42. The van der Waals surface area contributed by atoms with Gasteiger partial charge in [-0.15, -0.1) is 0 Å². The molecule has 3 aliphatic carbocycles. The molecule has 0 aromatic carbocycles. The lowest BCUT2D eigenvalue weighted by atomic mass is 9.57. The molecule has 3 heterocycles. The Hall–Kier alpha value is -0.900. The van der Waals surface area contributed by atoms with E-state index in [1.165, 1.54) is 75.6 Å². The second kappa shape index (κ2) is 8.84. The molecule has 0 aromatic rings. The van der Waals surface area contributed by atoms with Crippen LogP contribution in [0.15, 0.2) is 35.5 Å². The van der Waals surface area contributed by atoms with E-state index in [0.29, 0.717) is 17.3 Å². The summed E-state index contributed by atoms with van der Waals surface area (Å²) in [5.41, 5.74) is 3.35. The van der Waals surface area contributed by atoms with Gasteiger partial charge in [0.25, 0.3) is 0 Å². The number of piperidine rings is 1. The van der Waals surface area contributed by atoms with Gasteiger partial charge in [0, 0.05) is 13.1 Å². The van der Waals surface area contributed by atoms with Gasteiger partial charge in [0.05, 0.1) is 11.2 Å². The van der Waals surface area contributed by atoms with Crippen LogP contribution in [-0.4, -0.2) is 49.8 Å². The van der Waals surface area contributed by atoms with Crippen LogP contribution < -0.4 is 5.32 Å². The highest BCUT2D eigenvalue weighted by Gasteiger charge is 2.66. The van der Waals surface area contributed by atoms with Crippen LogP contribution >= 0.6 is 0 Å². The van der Waals surface area contributed by atoms with Crippen LogP contribution in [0.5, 0.6) is 0 Å². The Bertz CT molecular complexity index is 921. The number of ether oxygens (including phenoxy) is 1. The van der Waals surface area contributed by atoms with Crippen LogP contribution in [0.2, 0.25) is 0 Å². The molecule has 0 aromatic heterocycles. The van der Waals surface area contributed by atoms with Gasteiger partial charge in [-0.25, -0.2) is 0 Å². The number of fused-ring (bicyclic) bond motifs is 1. The first-order chi connectivity index (χ1) is 16.8. The molecule has 6 rings (SSSR count). The van der Waals surface area contributed by atoms with Crippen LogP contribution in [0.4, 0.5) is 0 Å². The van der Waals surface area contributed by atoms with Gasteiger partial charge in [-0.3, -0.25) is 0 Å². The summed E-state index contributed by atoms with van der Waals surface area (Å²) in [6, 6.07) is 0. The van der Waals surface area contributed by atoms with Crippen molar-refractivity contribution in [2.45, 2.75) is 89.8 Å². The third kappa shape index (κ3) is 3.77. The molecule has 35 heavy (non-hydrogen) atoms. The molecule has 0 radical (unpaired) electrons. The second-order valence-electron chi connectivity index (χ2n) is 13.9. The molecule has 194 valence electrons. The maximum Gasteiger partial charge on any atom is 0.0975 e. The molecular weight excluding hydrogens is 428 g/mol. The number of rotatable bonds is 6. The minimum atomic E-state index is -0.0279. The van der Waals surface area contributed by atoms with E-state index < -0.39 is 0 Å². The van der Waals surface area contributed by atoms with E-state index in [-0.39, 0.29) is 11.2 Å². The standard InChI is InChI=1S/C32H50N2O/c1-22(6-8-25-13-17-34(5)21-23(25)2)28-10-11-29-30(28,3)14-12-27-18-26-9-7-24(20-33-4)19-31(26)15-16-32(27,29)35-31/h7,9,12,18,22-25,28-29,33H,6,8,10-11,13-17,19-21H2,1-5H3/t22?,23?,24-,25?,28-,29-,30-,31-,32-/m1/s1. The van der Waals surface area contributed by atoms with Crippen LogP contribution in [0.3, 0.4) is 0 Å². The Labute approximate surface area is 214 Å². The Morgan fingerprint density at radius 3 is 2.86 bits per heavy atom. The van der Waals surface area contributed by atoms with Crippen LogP contribution in [0.1, 0.15) is 78.6 Å². The number of nitrogens with zero attached hydrogens (tertiary/aromatic N) is 1. The number of hydrogen-bond acceptors (Lipinski definition) is 3. The first-order valence-electron chi connectivity index (χ1n) is 14.9. The van der Waals surface area contributed by atoms with E-state index in [2.05, 4.69) is 69.4 Å². The summed E-state index contributed by atoms with van der Waals surface area (Å²) in [7, 11) is 4.37. The first kappa shape index (κ1) is 24.4. The topological polar surface area (TPSA) is 24.5 Å². The number of allylic oxidation sites excluding steroid dienone is 1. The van der Waals surface area contributed by atoms with E-state index in [4.69, 9.17) is 4.74 Å². The summed E-state index contributed by atoms with van der Waals surface area (Å²) in [6.07, 6.45) is 21.9. The third-order valence-corrected chi connectivity index (χ3v) is 11.9. The molecule has 3 heteroatoms. The Balaban J connectivity index is 1.20. The lowest BCUT2D eigenvalue weighted by Crippen LogP contribution is -2.54. The van der Waals surface area contributed by atoms with Gasteiger partial charge < -0.3 is 15.0 Å². The fourth-order valence-corrected chi connectivity index (χ4v) is 10.0. The van der Waals surface area contributed by atoms with Crippen molar-refractivity contribution in [3.8, 4) is 0 Å². The van der Waals surface area contributed by atoms with Crippen LogP contribution in [0.25, 0.3) is 0 Å². The predicted molar refractivity (Wildman–Crippen MR) is 145 cm³/mol. The summed E-state index contributed by atoms with van der Waals surface area (Å²) in [5.74, 6) is 4.73. The zero-order valence-corrected chi connectivity index (χ0v) is 23.1. The third-order valence-electron chi connectivity index (χ3n) is 11.9. The minimum absolute atomic E-state index is 0.0111. The molecule has 2 bridgehead atoms. The number of likely N-dealkylation sites (tertiary alicyclic amines) is 1. The summed E-state index contributed by atoms with van der Waals surface area (Å²) in [4.78, 5) is 2.53. The monoisotopic (exact) mass is 478 g/mol. The minimum Gasteiger partial charge on any atom is -0.359 e. The first-order valence-corrected chi connectivity index (χ1v) is 14.9. The van der Waals surface area contributed by atoms with Crippen LogP contribution in [0, 0.1) is 40.9 Å². The van der Waals surface area contributed by atoms with Crippen LogP contribution in [-0.2, 0) is 4.74 Å². The van der Waals surface area contributed by atoms with E-state index >= 15 is 0 Å². The fraction of sp³-hybridized carbons (Fsp3) is 0.812. The van der Waals surface area contributed by atoms with Gasteiger partial charge in [0.15, 0.2) is 0 Å². The number of nitrogens with one attached hydrogen (secondary N) is 1. The molecule has 2 spiro atoms. The molecule has 2 saturated heterocycles. The van der Waals surface area contributed by atoms with Gasteiger partial charge >= 0.3 is 0 Å². The molecule has 3 aliphatic heterocycles. The van der Waals surface area contributed by atoms with E-state index in [1.807, 2.05) is 0 Å². The van der Waals surface area contributed by atoms with Crippen molar-refractivity contribution >= 4 is 0 Å². The largest absolute Gasteiger partial charge is 0.359 e. The average Bonchev–Trinajstić information content (AvgIpc) is 3.34. The van der Waals surface area contributed by atoms with Gasteiger partial charge in [-0.05, 0) is 124 Å². The van der Waals surface area contributed by atoms with Crippen molar-refractivity contribution in [2.24, 2.45) is 40.9 Å². The predicted octanol–water partition coefficient (Wildman–Crippen LogP) is 6.38. The maximum absolute atomic E-state index is 7.42. The summed E-state index contributed by atoms with van der Waals surface area (Å²) in [5, 5.41) is 3.40. The lowest BCUT2D eigenvalue weighted by molar-refractivity contribution is -0.136. The molecule has 3 unspecified atom stereocenters. The molecule has 1 saturated carbocycles. The smallest absolute Gasteiger partial charge is 0.0975 e. The average molecular weight is 479 g/mol. The highest BCUT2D eigenvalue weighted by Crippen LogP contribution is 2.68. The molecule has 3 fully saturated rings. The second-order valence-corrected chi connectivity index (χ2v) is 13.9. The Morgan fingerprint density at radius 1 is 1.20 bits per heavy atom. The quantitative estimate of drug-likeness (QED) is 0.480. The van der Waals surface area contributed by atoms with E-state index in [0.717, 1.165) is 36.6 Å². The van der Waals surface area contributed by atoms with E-state index in [1.54, 1.807) is 0 Å². The Kier molecular flexibility index (Phi) is 6.18. The SMILES string of the molecule is CNC[C@@H]1C=CC2=CC3=CC[C@]4(C)[C@@H](C(C)CCC5CCN(C)CC5C)CC[C@H]4[C@@]34CC[C@]2(C1)O4. The zero-order valence-electron chi connectivity index (χ0n) is 23.1. The van der Waals surface area contributed by atoms with E-state index in [9.17, 15) is 0 Å². The highest BCUT2D eigenvalue weighted by molar-refractivity contribution is 5.51. The Morgan fingerprint density at radius 2 is 2.06 bits per heavy atom. The fourth-order valence-electron chi connectivity index (χ4n) is 10.0. The molecular formula is C32H50N2O. The summed E-state index contributed by atoms with van der Waals surface area (Å²) in [6.45, 7) is 11.4. The van der Waals surface area contributed by atoms with Crippen molar-refractivity contribution in [3.05, 3.63) is 35.5 Å². The molecule has 9 atom stereocenters. The van der Waals surface area contributed by atoms with Gasteiger partial charge in [0.1, 0.15) is 0 Å². The van der Waals surface area contributed by atoms with Gasteiger partial charge in [0.2, 0.25) is 0 Å². The van der Waals surface area contributed by atoms with Crippen molar-refractivity contribution in [3.63, 3.8) is 0 Å².